The molecule has 0 saturated carbocycles. The molecular formula is C23H27ClO7. The second-order valence-electron chi connectivity index (χ2n) is 8.03. The predicted octanol–water partition coefficient (Wildman–Crippen LogP) is 1.61. The van der Waals surface area contributed by atoms with Crippen LogP contribution < -0.4 is 4.74 Å². The highest BCUT2D eigenvalue weighted by Gasteiger charge is 2.46. The Bertz CT molecular complexity index is 869. The molecule has 31 heavy (non-hydrogen) atoms. The number of aliphatic hydroxyl groups excluding tert-OH is 4. The number of benzene rings is 2. The molecule has 0 radical (unpaired) electrons. The lowest BCUT2D eigenvalue weighted by Gasteiger charge is -2.19. The molecule has 0 bridgehead atoms. The van der Waals surface area contributed by atoms with Crippen LogP contribution in [0, 0.1) is 0 Å². The number of rotatable bonds is 7. The van der Waals surface area contributed by atoms with Crippen LogP contribution in [0.4, 0.5) is 0 Å². The molecule has 2 saturated heterocycles. The minimum Gasteiger partial charge on any atom is -0.488 e. The van der Waals surface area contributed by atoms with Crippen LogP contribution in [0.5, 0.6) is 5.75 Å². The van der Waals surface area contributed by atoms with E-state index in [1.165, 1.54) is 0 Å². The third-order valence-corrected chi connectivity index (χ3v) is 6.14. The van der Waals surface area contributed by atoms with E-state index in [9.17, 15) is 15.3 Å². The Morgan fingerprint density at radius 2 is 1.87 bits per heavy atom. The molecule has 2 heterocycles. The fourth-order valence-corrected chi connectivity index (χ4v) is 4.20. The maximum Gasteiger partial charge on any atom is 0.124 e. The average Bonchev–Trinajstić information content (AvgIpc) is 3.39. The summed E-state index contributed by atoms with van der Waals surface area (Å²) < 4.78 is 16.9. The third kappa shape index (κ3) is 5.04. The minimum absolute atomic E-state index is 0.0957. The molecule has 0 spiro atoms. The molecule has 4 N–H and O–H groups in total. The molecule has 0 aliphatic carbocycles. The van der Waals surface area contributed by atoms with Crippen molar-refractivity contribution < 1.29 is 34.6 Å². The number of aliphatic hydroxyl groups is 4. The van der Waals surface area contributed by atoms with Gasteiger partial charge >= 0.3 is 0 Å². The van der Waals surface area contributed by atoms with Crippen LogP contribution in [0.25, 0.3) is 0 Å². The summed E-state index contributed by atoms with van der Waals surface area (Å²) in [6.07, 6.45) is -4.15. The maximum absolute atomic E-state index is 10.4. The molecule has 4 rings (SSSR count). The van der Waals surface area contributed by atoms with Gasteiger partial charge in [0.15, 0.2) is 0 Å². The molecule has 7 nitrogen and oxygen atoms in total. The SMILES string of the molecule is OC[C@H](O)[C@@H]1O[C@@H](c2ccc(Cl)c(Cc3ccc(O[C@@H]4CCOC4)cc3)c2)[C@@H](O)[C@@H]1O. The first-order valence-corrected chi connectivity index (χ1v) is 10.8. The molecule has 2 fully saturated rings. The third-order valence-electron chi connectivity index (χ3n) is 5.77. The summed E-state index contributed by atoms with van der Waals surface area (Å²) in [4.78, 5) is 0. The van der Waals surface area contributed by atoms with Gasteiger partial charge in [0.2, 0.25) is 0 Å². The second-order valence-corrected chi connectivity index (χ2v) is 8.43. The van der Waals surface area contributed by atoms with E-state index in [0.29, 0.717) is 23.6 Å². The molecule has 2 aromatic carbocycles. The Morgan fingerprint density at radius 1 is 1.10 bits per heavy atom. The highest BCUT2D eigenvalue weighted by atomic mass is 35.5. The largest absolute Gasteiger partial charge is 0.488 e. The second kappa shape index (κ2) is 9.83. The first kappa shape index (κ1) is 22.5. The zero-order valence-electron chi connectivity index (χ0n) is 16.9. The predicted molar refractivity (Wildman–Crippen MR) is 113 cm³/mol. The van der Waals surface area contributed by atoms with E-state index >= 15 is 0 Å². The molecule has 2 aromatic rings. The molecule has 168 valence electrons. The van der Waals surface area contributed by atoms with E-state index in [1.54, 1.807) is 12.1 Å². The van der Waals surface area contributed by atoms with Gasteiger partial charge in [-0.05, 0) is 41.3 Å². The normalized spacial score (nSPS) is 29.3. The smallest absolute Gasteiger partial charge is 0.124 e. The van der Waals surface area contributed by atoms with Crippen molar-refractivity contribution in [2.45, 2.75) is 49.5 Å². The fraction of sp³-hybridized carbons (Fsp3) is 0.478. The van der Waals surface area contributed by atoms with Crippen molar-refractivity contribution in [1.82, 2.24) is 0 Å². The highest BCUT2D eigenvalue weighted by Crippen LogP contribution is 2.36. The number of hydrogen-bond acceptors (Lipinski definition) is 7. The monoisotopic (exact) mass is 450 g/mol. The Labute approximate surface area is 185 Å². The first-order valence-electron chi connectivity index (χ1n) is 10.4. The van der Waals surface area contributed by atoms with Gasteiger partial charge in [0, 0.05) is 11.4 Å². The van der Waals surface area contributed by atoms with Crippen LogP contribution in [0.2, 0.25) is 5.02 Å². The van der Waals surface area contributed by atoms with Gasteiger partial charge in [-0.25, -0.2) is 0 Å². The van der Waals surface area contributed by atoms with Crippen LogP contribution >= 0.6 is 11.6 Å². The van der Waals surface area contributed by atoms with Gasteiger partial charge in [-0.15, -0.1) is 0 Å². The van der Waals surface area contributed by atoms with Crippen molar-refractivity contribution in [3.8, 4) is 5.75 Å². The maximum atomic E-state index is 10.4. The van der Waals surface area contributed by atoms with Gasteiger partial charge < -0.3 is 34.6 Å². The van der Waals surface area contributed by atoms with E-state index in [4.69, 9.17) is 30.9 Å². The first-order chi connectivity index (χ1) is 15.0. The van der Waals surface area contributed by atoms with Crippen molar-refractivity contribution in [2.75, 3.05) is 19.8 Å². The summed E-state index contributed by atoms with van der Waals surface area (Å²) in [5.74, 6) is 0.795. The van der Waals surface area contributed by atoms with Gasteiger partial charge in [0.1, 0.15) is 42.4 Å². The Kier molecular flexibility index (Phi) is 7.13. The van der Waals surface area contributed by atoms with Crippen molar-refractivity contribution in [2.24, 2.45) is 0 Å². The quantitative estimate of drug-likeness (QED) is 0.507. The molecule has 8 heteroatoms. The summed E-state index contributed by atoms with van der Waals surface area (Å²) in [6.45, 7) is 0.776. The lowest BCUT2D eigenvalue weighted by Crippen LogP contribution is -2.40. The topological polar surface area (TPSA) is 109 Å². The van der Waals surface area contributed by atoms with Crippen LogP contribution in [0.1, 0.15) is 29.2 Å². The Balaban J connectivity index is 1.47. The lowest BCUT2D eigenvalue weighted by molar-refractivity contribution is -0.0820. The molecule has 0 unspecified atom stereocenters. The zero-order chi connectivity index (χ0) is 22.0. The van der Waals surface area contributed by atoms with Crippen molar-refractivity contribution >= 4 is 11.6 Å². The molecule has 6 atom stereocenters. The van der Waals surface area contributed by atoms with Gasteiger partial charge in [0.25, 0.3) is 0 Å². The van der Waals surface area contributed by atoms with Crippen LogP contribution in [0.3, 0.4) is 0 Å². The fourth-order valence-electron chi connectivity index (χ4n) is 4.01. The molecule has 0 amide bonds. The minimum atomic E-state index is -1.30. The number of ether oxygens (including phenoxy) is 3. The van der Waals surface area contributed by atoms with Crippen LogP contribution in [-0.4, -0.2) is 70.8 Å². The van der Waals surface area contributed by atoms with Gasteiger partial charge in [0.05, 0.1) is 19.8 Å². The van der Waals surface area contributed by atoms with Crippen LogP contribution in [-0.2, 0) is 15.9 Å². The van der Waals surface area contributed by atoms with Crippen LogP contribution in [0.15, 0.2) is 42.5 Å². The average molecular weight is 451 g/mol. The zero-order valence-corrected chi connectivity index (χ0v) is 17.7. The van der Waals surface area contributed by atoms with E-state index in [0.717, 1.165) is 29.9 Å². The summed E-state index contributed by atoms with van der Waals surface area (Å²) in [7, 11) is 0. The van der Waals surface area contributed by atoms with Crippen molar-refractivity contribution in [1.29, 1.82) is 0 Å². The number of halogens is 1. The molecular weight excluding hydrogens is 424 g/mol. The van der Waals surface area contributed by atoms with E-state index in [2.05, 4.69) is 0 Å². The van der Waals surface area contributed by atoms with E-state index in [-0.39, 0.29) is 6.10 Å². The van der Waals surface area contributed by atoms with Gasteiger partial charge in [-0.1, -0.05) is 35.9 Å². The summed E-state index contributed by atoms with van der Waals surface area (Å²) in [6, 6.07) is 13.1. The van der Waals surface area contributed by atoms with Gasteiger partial charge in [-0.3, -0.25) is 0 Å². The summed E-state index contributed by atoms with van der Waals surface area (Å²) in [5.41, 5.74) is 2.52. The van der Waals surface area contributed by atoms with Gasteiger partial charge in [-0.2, -0.15) is 0 Å². The van der Waals surface area contributed by atoms with E-state index < -0.39 is 37.1 Å². The standard InChI is InChI=1S/C23H27ClO7/c24-18-6-3-14(22-20(27)21(28)23(31-22)19(26)11-25)10-15(18)9-13-1-4-16(5-2-13)30-17-7-8-29-12-17/h1-6,10,17,19-23,25-28H,7-9,11-12H2/t17-,19+,20+,21+,22+,23+/m1/s1. The summed E-state index contributed by atoms with van der Waals surface area (Å²) >= 11 is 6.40. The molecule has 0 aromatic heterocycles. The van der Waals surface area contributed by atoms with E-state index in [1.807, 2.05) is 30.3 Å². The Morgan fingerprint density at radius 3 is 2.55 bits per heavy atom. The highest BCUT2D eigenvalue weighted by molar-refractivity contribution is 6.31. The number of hydrogen-bond donors (Lipinski definition) is 4. The molecule has 2 aliphatic heterocycles. The summed E-state index contributed by atoms with van der Waals surface area (Å²) in [5, 5.41) is 40.1. The molecule has 2 aliphatic rings. The lowest BCUT2D eigenvalue weighted by atomic mass is 9.96. The van der Waals surface area contributed by atoms with Crippen molar-refractivity contribution in [3.05, 3.63) is 64.2 Å². The Hall–Kier alpha value is -1.71. The van der Waals surface area contributed by atoms with Crippen molar-refractivity contribution in [3.63, 3.8) is 0 Å².